The van der Waals surface area contributed by atoms with Gasteiger partial charge < -0.3 is 0 Å². The topological polar surface area (TPSA) is 0 Å². The van der Waals surface area contributed by atoms with Crippen LogP contribution in [0.5, 0.6) is 0 Å². The van der Waals surface area contributed by atoms with Gasteiger partial charge in [0.1, 0.15) is 0 Å². The highest BCUT2D eigenvalue weighted by molar-refractivity contribution is 5.73. The van der Waals surface area contributed by atoms with E-state index >= 15 is 0 Å². The van der Waals surface area contributed by atoms with Crippen molar-refractivity contribution in [2.75, 3.05) is 0 Å². The van der Waals surface area contributed by atoms with Crippen LogP contribution in [0.3, 0.4) is 0 Å². The van der Waals surface area contributed by atoms with Crippen LogP contribution < -0.4 is 0 Å². The molecule has 0 heterocycles. The number of hydrogen-bond acceptors (Lipinski definition) is 0. The van der Waals surface area contributed by atoms with Crippen LogP contribution >= 0.6 is 0 Å². The first-order valence-electron chi connectivity index (χ1n) is 12.8. The Morgan fingerprint density at radius 2 is 0.824 bits per heavy atom. The van der Waals surface area contributed by atoms with Crippen LogP contribution in [0.1, 0.15) is 85.8 Å². The summed E-state index contributed by atoms with van der Waals surface area (Å²) in [5.74, 6) is 13.5. The van der Waals surface area contributed by atoms with Crippen LogP contribution in [0.25, 0.3) is 22.3 Å². The molecule has 0 N–H and O–H groups in total. The number of hydrogen-bond donors (Lipinski definition) is 0. The maximum absolute atomic E-state index is 3.40. The molecule has 0 unspecified atom stereocenters. The lowest BCUT2D eigenvalue weighted by Gasteiger charge is -2.11. The number of rotatable bonds is 6. The average Bonchev–Trinajstić information content (AvgIpc) is 2.82. The van der Waals surface area contributed by atoms with Crippen molar-refractivity contribution in [3.05, 3.63) is 81.9 Å². The Hall–Kier alpha value is -3.22. The second kappa shape index (κ2) is 12.3. The average molecular weight is 447 g/mol. The van der Waals surface area contributed by atoms with Crippen LogP contribution in [-0.4, -0.2) is 0 Å². The summed E-state index contributed by atoms with van der Waals surface area (Å²) in [6.45, 7) is 13.1. The SMILES string of the molecule is CCCCC#Cc1c(C)cc(-c2ccc(-c3cc(C)c(C#CCCCC)c(C)c3)cc2)cc1C. The standard InChI is InChI=1S/C34H38/c1-7-9-11-13-15-33-25(3)21-31(22-26(33)4)29-17-19-30(20-18-29)32-23-27(5)34(28(6)24-32)16-14-12-10-8-2/h17-24H,7-12H2,1-6H3. The van der Waals surface area contributed by atoms with Crippen molar-refractivity contribution in [3.63, 3.8) is 0 Å². The first-order valence-corrected chi connectivity index (χ1v) is 12.8. The molecule has 0 radical (unpaired) electrons. The molecule has 0 bridgehead atoms. The van der Waals surface area contributed by atoms with E-state index in [-0.39, 0.29) is 0 Å². The van der Waals surface area contributed by atoms with Crippen LogP contribution in [0.15, 0.2) is 48.5 Å². The van der Waals surface area contributed by atoms with Crippen molar-refractivity contribution in [1.29, 1.82) is 0 Å². The molecule has 174 valence electrons. The minimum absolute atomic E-state index is 0.976. The molecule has 0 fully saturated rings. The highest BCUT2D eigenvalue weighted by Crippen LogP contribution is 2.29. The zero-order chi connectivity index (χ0) is 24.5. The lowest BCUT2D eigenvalue weighted by atomic mass is 9.93. The van der Waals surface area contributed by atoms with Crippen molar-refractivity contribution in [3.8, 4) is 45.9 Å². The van der Waals surface area contributed by atoms with Crippen LogP contribution in [0, 0.1) is 51.4 Å². The third kappa shape index (κ3) is 6.43. The summed E-state index contributed by atoms with van der Waals surface area (Å²) in [6.07, 6.45) is 6.68. The molecule has 3 rings (SSSR count). The summed E-state index contributed by atoms with van der Waals surface area (Å²) in [4.78, 5) is 0. The van der Waals surface area contributed by atoms with E-state index < -0.39 is 0 Å². The van der Waals surface area contributed by atoms with Crippen LogP contribution in [0.4, 0.5) is 0 Å². The molecule has 0 spiro atoms. The molecule has 3 aromatic carbocycles. The zero-order valence-electron chi connectivity index (χ0n) is 21.9. The largest absolute Gasteiger partial charge is 0.0979 e. The Morgan fingerprint density at radius 3 is 1.12 bits per heavy atom. The smallest absolute Gasteiger partial charge is 0.0304 e. The van der Waals surface area contributed by atoms with Crippen LogP contribution in [0.2, 0.25) is 0 Å². The predicted octanol–water partition coefficient (Wildman–Crippen LogP) is 9.34. The van der Waals surface area contributed by atoms with E-state index in [4.69, 9.17) is 0 Å². The second-order valence-corrected chi connectivity index (χ2v) is 9.36. The highest BCUT2D eigenvalue weighted by Gasteiger charge is 2.08. The zero-order valence-corrected chi connectivity index (χ0v) is 21.9. The van der Waals surface area contributed by atoms with Gasteiger partial charge in [0.25, 0.3) is 0 Å². The minimum atomic E-state index is 0.976. The summed E-state index contributed by atoms with van der Waals surface area (Å²) in [5, 5.41) is 0. The Bertz CT molecular complexity index is 1100. The predicted molar refractivity (Wildman–Crippen MR) is 149 cm³/mol. The molecule has 0 saturated carbocycles. The monoisotopic (exact) mass is 446 g/mol. The van der Waals surface area contributed by atoms with E-state index in [0.29, 0.717) is 0 Å². The van der Waals surface area contributed by atoms with Gasteiger partial charge in [-0.1, -0.05) is 98.9 Å². The lowest BCUT2D eigenvalue weighted by Crippen LogP contribution is -1.92. The van der Waals surface area contributed by atoms with E-state index in [1.54, 1.807) is 0 Å². The molecule has 0 aliphatic carbocycles. The molecule has 0 saturated heterocycles. The number of aryl methyl sites for hydroxylation is 4. The Labute approximate surface area is 207 Å². The molecular formula is C34H38. The fourth-order valence-electron chi connectivity index (χ4n) is 4.34. The summed E-state index contributed by atoms with van der Waals surface area (Å²) in [5.41, 5.74) is 12.4. The quantitative estimate of drug-likeness (QED) is 0.261. The van der Waals surface area contributed by atoms with Gasteiger partial charge in [-0.25, -0.2) is 0 Å². The Balaban J connectivity index is 1.84. The molecule has 0 nitrogen and oxygen atoms in total. The molecule has 0 atom stereocenters. The third-order valence-electron chi connectivity index (χ3n) is 6.35. The van der Waals surface area contributed by atoms with Gasteiger partial charge in [0, 0.05) is 24.0 Å². The Kier molecular flexibility index (Phi) is 9.19. The fraction of sp³-hybridized carbons (Fsp3) is 0.353. The fourth-order valence-corrected chi connectivity index (χ4v) is 4.34. The normalized spacial score (nSPS) is 10.3. The van der Waals surface area contributed by atoms with E-state index in [1.165, 1.54) is 81.3 Å². The van der Waals surface area contributed by atoms with E-state index in [1.807, 2.05) is 0 Å². The maximum atomic E-state index is 3.40. The molecular weight excluding hydrogens is 408 g/mol. The summed E-state index contributed by atoms with van der Waals surface area (Å²) in [7, 11) is 0. The summed E-state index contributed by atoms with van der Waals surface area (Å²) < 4.78 is 0. The second-order valence-electron chi connectivity index (χ2n) is 9.36. The van der Waals surface area contributed by atoms with Gasteiger partial charge in [-0.15, -0.1) is 0 Å². The van der Waals surface area contributed by atoms with Crippen molar-refractivity contribution >= 4 is 0 Å². The van der Waals surface area contributed by atoms with Gasteiger partial charge >= 0.3 is 0 Å². The minimum Gasteiger partial charge on any atom is -0.0979 e. The molecule has 3 aromatic rings. The van der Waals surface area contributed by atoms with Gasteiger partial charge in [0.2, 0.25) is 0 Å². The van der Waals surface area contributed by atoms with E-state index in [9.17, 15) is 0 Å². The molecule has 0 heteroatoms. The van der Waals surface area contributed by atoms with E-state index in [0.717, 1.165) is 12.8 Å². The highest BCUT2D eigenvalue weighted by atomic mass is 14.1. The van der Waals surface area contributed by atoms with Gasteiger partial charge in [0.05, 0.1) is 0 Å². The maximum Gasteiger partial charge on any atom is 0.0304 e. The van der Waals surface area contributed by atoms with E-state index in [2.05, 4.69) is 114 Å². The lowest BCUT2D eigenvalue weighted by molar-refractivity contribution is 0.828. The van der Waals surface area contributed by atoms with Crippen molar-refractivity contribution < 1.29 is 0 Å². The molecule has 0 aliphatic heterocycles. The first-order chi connectivity index (χ1) is 16.4. The molecule has 0 aromatic heterocycles. The third-order valence-corrected chi connectivity index (χ3v) is 6.35. The molecule has 0 aliphatic rings. The van der Waals surface area contributed by atoms with Gasteiger partial charge in [-0.3, -0.25) is 0 Å². The van der Waals surface area contributed by atoms with Crippen molar-refractivity contribution in [2.45, 2.75) is 80.1 Å². The summed E-state index contributed by atoms with van der Waals surface area (Å²) >= 11 is 0. The van der Waals surface area contributed by atoms with Crippen LogP contribution in [-0.2, 0) is 0 Å². The van der Waals surface area contributed by atoms with Crippen molar-refractivity contribution in [1.82, 2.24) is 0 Å². The first kappa shape index (κ1) is 25.4. The molecule has 34 heavy (non-hydrogen) atoms. The van der Waals surface area contributed by atoms with Crippen molar-refractivity contribution in [2.24, 2.45) is 0 Å². The Morgan fingerprint density at radius 1 is 0.500 bits per heavy atom. The summed E-state index contributed by atoms with van der Waals surface area (Å²) in [6, 6.07) is 18.0. The van der Waals surface area contributed by atoms with Gasteiger partial charge in [0.15, 0.2) is 0 Å². The van der Waals surface area contributed by atoms with Gasteiger partial charge in [-0.2, -0.15) is 0 Å². The number of benzene rings is 3. The number of unbranched alkanes of at least 4 members (excludes halogenated alkanes) is 4. The van der Waals surface area contributed by atoms with Gasteiger partial charge in [-0.05, 0) is 85.0 Å². The molecule has 0 amide bonds.